The van der Waals surface area contributed by atoms with Crippen LogP contribution in [-0.4, -0.2) is 60.4 Å². The molecule has 32 heavy (non-hydrogen) atoms. The van der Waals surface area contributed by atoms with E-state index in [1.54, 1.807) is 18.2 Å². The molecule has 1 aliphatic heterocycles. The molecule has 1 fully saturated rings. The van der Waals surface area contributed by atoms with E-state index >= 15 is 0 Å². The number of hydrogen-bond donors (Lipinski definition) is 1. The molecule has 1 amide bonds. The van der Waals surface area contributed by atoms with E-state index in [4.69, 9.17) is 16.3 Å². The van der Waals surface area contributed by atoms with Crippen LogP contribution < -0.4 is 4.74 Å². The number of carbonyl (C=O) groups excluding carboxylic acids is 2. The summed E-state index contributed by atoms with van der Waals surface area (Å²) in [5.41, 5.74) is 1.14. The Labute approximate surface area is 201 Å². The Kier molecular flexibility index (Phi) is 7.98. The molecule has 1 N–H and O–H groups in total. The highest BCUT2D eigenvalue weighted by Crippen LogP contribution is 2.40. The fraction of sp³-hybridized carbons (Fsp3) is 0.333. The average molecular weight is 522 g/mol. The first-order chi connectivity index (χ1) is 15.2. The van der Waals surface area contributed by atoms with Gasteiger partial charge in [0.2, 0.25) is 0 Å². The zero-order chi connectivity index (χ0) is 23.4. The Hall–Kier alpha value is -2.35. The van der Waals surface area contributed by atoms with Gasteiger partial charge in [0.05, 0.1) is 23.2 Å². The van der Waals surface area contributed by atoms with E-state index in [9.17, 15) is 14.7 Å². The number of Topliss-reactive ketones (excluding diaryl/α,β-unsaturated/α-hetero) is 1. The smallest absolute Gasteiger partial charge is 0.295 e. The Morgan fingerprint density at radius 1 is 1.22 bits per heavy atom. The summed E-state index contributed by atoms with van der Waals surface area (Å²) in [5, 5.41) is 11.5. The van der Waals surface area contributed by atoms with Crippen molar-refractivity contribution in [1.29, 1.82) is 0 Å². The van der Waals surface area contributed by atoms with Crippen molar-refractivity contribution >= 4 is 45.0 Å². The van der Waals surface area contributed by atoms with Crippen LogP contribution in [0.1, 0.15) is 30.5 Å². The van der Waals surface area contributed by atoms with E-state index in [0.717, 1.165) is 16.6 Å². The summed E-state index contributed by atoms with van der Waals surface area (Å²) in [7, 11) is 3.91. The lowest BCUT2D eigenvalue weighted by Gasteiger charge is -2.26. The first kappa shape index (κ1) is 24.3. The van der Waals surface area contributed by atoms with E-state index in [1.807, 2.05) is 50.2 Å². The number of likely N-dealkylation sites (tertiary alicyclic amines) is 1. The standard InChI is InChI=1S/C24H26BrClN2O4/c1-4-32-19-10-9-16(14-18(19)26)22(29)20-21(15-7-5-8-17(25)13-15)28(24(31)23(20)30)12-6-11-27(2)3/h5,7-10,13-14,21,29H,4,6,11-12H2,1-3H3/t21-/m0/s1. The third kappa shape index (κ3) is 5.17. The van der Waals surface area contributed by atoms with E-state index < -0.39 is 17.7 Å². The molecular formula is C24H26BrClN2O4. The topological polar surface area (TPSA) is 70.1 Å². The number of ketones is 1. The summed E-state index contributed by atoms with van der Waals surface area (Å²) in [6.07, 6.45) is 0.694. The van der Waals surface area contributed by atoms with Gasteiger partial charge < -0.3 is 19.6 Å². The maximum absolute atomic E-state index is 13.1. The molecule has 1 heterocycles. The summed E-state index contributed by atoms with van der Waals surface area (Å²) in [6.45, 7) is 3.45. The molecular weight excluding hydrogens is 496 g/mol. The number of aliphatic hydroxyl groups is 1. The predicted molar refractivity (Wildman–Crippen MR) is 129 cm³/mol. The highest BCUT2D eigenvalue weighted by atomic mass is 79.9. The molecule has 0 radical (unpaired) electrons. The molecule has 0 aromatic heterocycles. The lowest BCUT2D eigenvalue weighted by Crippen LogP contribution is -2.32. The third-order valence-corrected chi connectivity index (χ3v) is 6.00. The molecule has 0 saturated carbocycles. The van der Waals surface area contributed by atoms with Crippen molar-refractivity contribution in [3.8, 4) is 5.75 Å². The molecule has 3 rings (SSSR count). The fourth-order valence-electron chi connectivity index (χ4n) is 3.77. The molecule has 170 valence electrons. The van der Waals surface area contributed by atoms with Crippen LogP contribution in [0.3, 0.4) is 0 Å². The van der Waals surface area contributed by atoms with Gasteiger partial charge in [0, 0.05) is 16.6 Å². The number of hydrogen-bond acceptors (Lipinski definition) is 5. The van der Waals surface area contributed by atoms with E-state index in [1.165, 1.54) is 4.90 Å². The number of ether oxygens (including phenoxy) is 1. The van der Waals surface area contributed by atoms with E-state index in [2.05, 4.69) is 15.9 Å². The van der Waals surface area contributed by atoms with Crippen molar-refractivity contribution in [2.45, 2.75) is 19.4 Å². The van der Waals surface area contributed by atoms with Gasteiger partial charge in [0.1, 0.15) is 11.5 Å². The molecule has 1 saturated heterocycles. The predicted octanol–water partition coefficient (Wildman–Crippen LogP) is 4.87. The summed E-state index contributed by atoms with van der Waals surface area (Å²) >= 11 is 9.75. The molecule has 0 aliphatic carbocycles. The first-order valence-electron chi connectivity index (χ1n) is 10.4. The minimum atomic E-state index is -0.706. The van der Waals surface area contributed by atoms with Gasteiger partial charge in [0.15, 0.2) is 0 Å². The molecule has 0 unspecified atom stereocenters. The van der Waals surface area contributed by atoms with Gasteiger partial charge >= 0.3 is 0 Å². The van der Waals surface area contributed by atoms with Crippen LogP contribution in [0.5, 0.6) is 5.75 Å². The van der Waals surface area contributed by atoms with Crippen molar-refractivity contribution in [2.24, 2.45) is 0 Å². The van der Waals surface area contributed by atoms with E-state index in [-0.39, 0.29) is 11.3 Å². The first-order valence-corrected chi connectivity index (χ1v) is 11.5. The van der Waals surface area contributed by atoms with Gasteiger partial charge in [-0.15, -0.1) is 0 Å². The summed E-state index contributed by atoms with van der Waals surface area (Å²) < 4.78 is 6.27. The number of aliphatic hydroxyl groups excluding tert-OH is 1. The van der Waals surface area contributed by atoms with Crippen LogP contribution >= 0.6 is 27.5 Å². The highest BCUT2D eigenvalue weighted by molar-refractivity contribution is 9.10. The Bertz CT molecular complexity index is 1050. The van der Waals surface area contributed by atoms with Gasteiger partial charge in [-0.2, -0.15) is 0 Å². The van der Waals surface area contributed by atoms with Crippen LogP contribution in [0, 0.1) is 0 Å². The van der Waals surface area contributed by atoms with Gasteiger partial charge in [0.25, 0.3) is 11.7 Å². The maximum Gasteiger partial charge on any atom is 0.295 e. The molecule has 2 aromatic carbocycles. The monoisotopic (exact) mass is 520 g/mol. The van der Waals surface area contributed by atoms with Gasteiger partial charge in [-0.3, -0.25) is 9.59 Å². The van der Waals surface area contributed by atoms with Gasteiger partial charge in [-0.25, -0.2) is 0 Å². The number of carbonyl (C=O) groups is 2. The van der Waals surface area contributed by atoms with Crippen molar-refractivity contribution in [3.63, 3.8) is 0 Å². The summed E-state index contributed by atoms with van der Waals surface area (Å²) in [5.74, 6) is -1.10. The minimum absolute atomic E-state index is 0.0539. The molecule has 1 aliphatic rings. The van der Waals surface area contributed by atoms with Crippen molar-refractivity contribution in [2.75, 3.05) is 33.8 Å². The van der Waals surface area contributed by atoms with Gasteiger partial charge in [-0.1, -0.05) is 39.7 Å². The lowest BCUT2D eigenvalue weighted by molar-refractivity contribution is -0.139. The highest BCUT2D eigenvalue weighted by Gasteiger charge is 2.45. The largest absolute Gasteiger partial charge is 0.507 e. The second-order valence-corrected chi connectivity index (χ2v) is 9.11. The zero-order valence-electron chi connectivity index (χ0n) is 18.3. The zero-order valence-corrected chi connectivity index (χ0v) is 20.6. The average Bonchev–Trinajstić information content (AvgIpc) is 2.99. The van der Waals surface area contributed by atoms with Crippen molar-refractivity contribution in [1.82, 2.24) is 9.80 Å². The Morgan fingerprint density at radius 3 is 2.59 bits per heavy atom. The van der Waals surface area contributed by atoms with Crippen LogP contribution in [0.15, 0.2) is 52.5 Å². The summed E-state index contributed by atoms with van der Waals surface area (Å²) in [4.78, 5) is 29.6. The molecule has 1 atom stereocenters. The Balaban J connectivity index is 2.09. The maximum atomic E-state index is 13.1. The van der Waals surface area contributed by atoms with Crippen LogP contribution in [-0.2, 0) is 9.59 Å². The number of benzene rings is 2. The van der Waals surface area contributed by atoms with Gasteiger partial charge in [-0.05, 0) is 69.9 Å². The lowest BCUT2D eigenvalue weighted by atomic mass is 9.95. The van der Waals surface area contributed by atoms with Crippen molar-refractivity contribution < 1.29 is 19.4 Å². The van der Waals surface area contributed by atoms with Crippen LogP contribution in [0.2, 0.25) is 5.02 Å². The second kappa shape index (κ2) is 10.5. The fourth-order valence-corrected chi connectivity index (χ4v) is 4.42. The number of halogens is 2. The number of nitrogens with zero attached hydrogens (tertiary/aromatic N) is 2. The third-order valence-electron chi connectivity index (χ3n) is 5.21. The van der Waals surface area contributed by atoms with Crippen LogP contribution in [0.25, 0.3) is 5.76 Å². The quantitative estimate of drug-likeness (QED) is 0.305. The molecule has 2 aromatic rings. The molecule has 6 nitrogen and oxygen atoms in total. The SMILES string of the molecule is CCOc1ccc(C(O)=C2C(=O)C(=O)N(CCCN(C)C)[C@H]2c2cccc(Br)c2)cc1Cl. The molecule has 0 spiro atoms. The van der Waals surface area contributed by atoms with E-state index in [0.29, 0.717) is 35.9 Å². The second-order valence-electron chi connectivity index (χ2n) is 7.78. The number of rotatable bonds is 8. The van der Waals surface area contributed by atoms with Crippen LogP contribution in [0.4, 0.5) is 0 Å². The summed E-state index contributed by atoms with van der Waals surface area (Å²) in [6, 6.07) is 11.5. The number of amides is 1. The normalized spacial score (nSPS) is 17.9. The van der Waals surface area contributed by atoms with Crippen molar-refractivity contribution in [3.05, 3.63) is 68.7 Å². The minimum Gasteiger partial charge on any atom is -0.507 e. The molecule has 8 heteroatoms. The molecule has 0 bridgehead atoms. The Morgan fingerprint density at radius 2 is 1.97 bits per heavy atom.